The van der Waals surface area contributed by atoms with Crippen molar-refractivity contribution < 1.29 is 10.0 Å². The summed E-state index contributed by atoms with van der Waals surface area (Å²) in [6, 6.07) is 11.3. The molecule has 3 aromatic heterocycles. The van der Waals surface area contributed by atoms with Gasteiger partial charge in [-0.25, -0.2) is 4.98 Å². The zero-order valence-electron chi connectivity index (χ0n) is 15.6. The molecule has 0 saturated carbocycles. The summed E-state index contributed by atoms with van der Waals surface area (Å²) >= 11 is 9.79. The van der Waals surface area contributed by atoms with Crippen molar-refractivity contribution in [2.24, 2.45) is 0 Å². The van der Waals surface area contributed by atoms with E-state index < -0.39 is 7.12 Å². The number of hydrogen-bond acceptors (Lipinski definition) is 5. The van der Waals surface area contributed by atoms with E-state index in [1.165, 1.54) is 6.20 Å². The molecule has 0 spiro atoms. The van der Waals surface area contributed by atoms with Crippen LogP contribution in [-0.2, 0) is 12.8 Å². The van der Waals surface area contributed by atoms with Gasteiger partial charge in [0.15, 0.2) is 0 Å². The molecule has 0 unspecified atom stereocenters. The summed E-state index contributed by atoms with van der Waals surface area (Å²) < 4.78 is 2.90. The minimum atomic E-state index is -1.41. The van der Waals surface area contributed by atoms with Crippen LogP contribution in [0.1, 0.15) is 25.2 Å². The Morgan fingerprint density at radius 2 is 1.21 bits per heavy atom. The highest BCUT2D eigenvalue weighted by molar-refractivity contribution is 9.11. The minimum absolute atomic E-state index is 0.433. The topological polar surface area (TPSA) is 79.1 Å². The van der Waals surface area contributed by atoms with E-state index in [1.807, 2.05) is 37.4 Å². The third kappa shape index (κ3) is 10.4. The molecule has 0 bridgehead atoms. The molecule has 9 heteroatoms. The Kier molecular flexibility index (Phi) is 12.4. The fourth-order valence-electron chi connectivity index (χ4n) is 1.77. The lowest BCUT2D eigenvalue weighted by molar-refractivity contribution is 0.425. The first-order chi connectivity index (χ1) is 13.3. The molecule has 148 valence electrons. The maximum absolute atomic E-state index is 8.70. The second-order valence-electron chi connectivity index (χ2n) is 5.43. The van der Waals surface area contributed by atoms with Gasteiger partial charge in [0.2, 0.25) is 0 Å². The normalized spacial score (nSPS) is 9.54. The smallest absolute Gasteiger partial charge is 0.423 e. The fraction of sp³-hybridized carbons (Fsp3) is 0.211. The molecule has 0 aliphatic rings. The molecule has 3 aromatic rings. The summed E-state index contributed by atoms with van der Waals surface area (Å²) in [6.07, 6.45) is 6.90. The van der Waals surface area contributed by atoms with Crippen molar-refractivity contribution in [3.63, 3.8) is 0 Å². The molecule has 2 N–H and O–H groups in total. The van der Waals surface area contributed by atoms with Crippen LogP contribution in [0.4, 0.5) is 0 Å². The van der Waals surface area contributed by atoms with Crippen molar-refractivity contribution in [1.29, 1.82) is 0 Å². The Morgan fingerprint density at radius 1 is 0.714 bits per heavy atom. The van der Waals surface area contributed by atoms with Crippen LogP contribution in [0, 0.1) is 0 Å². The second kappa shape index (κ2) is 14.0. The molecule has 0 amide bonds. The van der Waals surface area contributed by atoms with Gasteiger partial charge >= 0.3 is 7.12 Å². The number of halogens is 3. The van der Waals surface area contributed by atoms with Crippen molar-refractivity contribution in [2.45, 2.75) is 26.7 Å². The fourth-order valence-corrected chi connectivity index (χ4v) is 2.47. The van der Waals surface area contributed by atoms with Crippen LogP contribution in [-0.4, -0.2) is 32.1 Å². The summed E-state index contributed by atoms with van der Waals surface area (Å²) in [5.41, 5.74) is 2.52. The predicted molar refractivity (Wildman–Crippen MR) is 124 cm³/mol. The largest absolute Gasteiger partial charge is 0.490 e. The Balaban J connectivity index is 0.000000213. The van der Waals surface area contributed by atoms with Crippen LogP contribution in [0.5, 0.6) is 0 Å². The van der Waals surface area contributed by atoms with Gasteiger partial charge in [-0.05, 0) is 91.0 Å². The van der Waals surface area contributed by atoms with Gasteiger partial charge < -0.3 is 10.0 Å². The average molecular weight is 574 g/mol. The van der Waals surface area contributed by atoms with Gasteiger partial charge in [-0.15, -0.1) is 0 Å². The molecule has 3 rings (SSSR count). The van der Waals surface area contributed by atoms with Crippen LogP contribution in [0.25, 0.3) is 0 Å². The standard InChI is InChI=1S/C7H10BNO2.C7H8BrN.C5H3Br2N/c1-2-7-4-3-6(5-9-7)8(10)11;1-2-7-4-3-6(8)5-9-7;6-4-1-2-5(7)8-3-4/h3-5,10-11H,2H2,1H3;3-5H,2H2,1H3;1-3H. The van der Waals surface area contributed by atoms with Crippen LogP contribution in [0.3, 0.4) is 0 Å². The third-order valence-electron chi connectivity index (χ3n) is 3.35. The van der Waals surface area contributed by atoms with Gasteiger partial charge in [0, 0.05) is 44.4 Å². The lowest BCUT2D eigenvalue weighted by Gasteiger charge is -1.98. The molecule has 0 saturated heterocycles. The van der Waals surface area contributed by atoms with Crippen LogP contribution in [0.15, 0.2) is 68.5 Å². The van der Waals surface area contributed by atoms with E-state index in [1.54, 1.807) is 18.3 Å². The van der Waals surface area contributed by atoms with Crippen LogP contribution >= 0.6 is 47.8 Å². The summed E-state index contributed by atoms with van der Waals surface area (Å²) in [5.74, 6) is 0. The van der Waals surface area contributed by atoms with Gasteiger partial charge in [0.25, 0.3) is 0 Å². The first kappa shape index (κ1) is 24.9. The number of aryl methyl sites for hydroxylation is 2. The van der Waals surface area contributed by atoms with Crippen molar-refractivity contribution in [3.05, 3.63) is 79.9 Å². The molecule has 0 fully saturated rings. The molecular formula is C19H21BBr3N3O2. The molecule has 0 atom stereocenters. The predicted octanol–water partition coefficient (Wildman–Crippen LogP) is 4.34. The average Bonchev–Trinajstić information content (AvgIpc) is 2.72. The second-order valence-corrected chi connectivity index (χ2v) is 8.07. The zero-order chi connectivity index (χ0) is 20.9. The molecule has 0 aromatic carbocycles. The molecule has 0 aliphatic heterocycles. The maximum Gasteiger partial charge on any atom is 0.490 e. The number of aromatic nitrogens is 3. The van der Waals surface area contributed by atoms with E-state index in [4.69, 9.17) is 10.0 Å². The molecule has 0 aliphatic carbocycles. The van der Waals surface area contributed by atoms with E-state index in [2.05, 4.69) is 69.7 Å². The number of nitrogens with zero attached hydrogens (tertiary/aromatic N) is 3. The van der Waals surface area contributed by atoms with Gasteiger partial charge in [-0.3, -0.25) is 9.97 Å². The highest BCUT2D eigenvalue weighted by atomic mass is 79.9. The van der Waals surface area contributed by atoms with Gasteiger partial charge in [-0.1, -0.05) is 19.9 Å². The summed E-state index contributed by atoms with van der Waals surface area (Å²) in [4.78, 5) is 12.1. The molecular weight excluding hydrogens is 553 g/mol. The van der Waals surface area contributed by atoms with Crippen molar-refractivity contribution >= 4 is 60.4 Å². The van der Waals surface area contributed by atoms with E-state index in [0.29, 0.717) is 5.46 Å². The van der Waals surface area contributed by atoms with Crippen LogP contribution in [0.2, 0.25) is 0 Å². The van der Waals surface area contributed by atoms with Crippen molar-refractivity contribution in [3.8, 4) is 0 Å². The monoisotopic (exact) mass is 571 g/mol. The molecule has 28 heavy (non-hydrogen) atoms. The van der Waals surface area contributed by atoms with E-state index in [0.717, 1.165) is 37.8 Å². The SMILES string of the molecule is Brc1ccc(Br)nc1.CCc1ccc(B(O)O)cn1.CCc1ccc(Br)cn1. The van der Waals surface area contributed by atoms with Gasteiger partial charge in [0.1, 0.15) is 4.60 Å². The van der Waals surface area contributed by atoms with Gasteiger partial charge in [0.05, 0.1) is 0 Å². The summed E-state index contributed by atoms with van der Waals surface area (Å²) in [7, 11) is -1.41. The Labute approximate surface area is 191 Å². The number of rotatable bonds is 3. The van der Waals surface area contributed by atoms with Crippen molar-refractivity contribution in [1.82, 2.24) is 15.0 Å². The van der Waals surface area contributed by atoms with Gasteiger partial charge in [-0.2, -0.15) is 0 Å². The summed E-state index contributed by atoms with van der Waals surface area (Å²) in [5, 5.41) is 17.4. The van der Waals surface area contributed by atoms with Crippen LogP contribution < -0.4 is 5.46 Å². The zero-order valence-corrected chi connectivity index (χ0v) is 20.3. The third-order valence-corrected chi connectivity index (χ3v) is 4.76. The molecule has 5 nitrogen and oxygen atoms in total. The number of hydrogen-bond donors (Lipinski definition) is 2. The highest BCUT2D eigenvalue weighted by Gasteiger charge is 2.09. The first-order valence-electron chi connectivity index (χ1n) is 8.54. The minimum Gasteiger partial charge on any atom is -0.423 e. The Hall–Kier alpha value is -1.13. The number of pyridine rings is 3. The van der Waals surface area contributed by atoms with Crippen molar-refractivity contribution in [2.75, 3.05) is 0 Å². The lowest BCUT2D eigenvalue weighted by Crippen LogP contribution is -2.30. The Morgan fingerprint density at radius 3 is 1.54 bits per heavy atom. The lowest BCUT2D eigenvalue weighted by atomic mass is 9.82. The first-order valence-corrected chi connectivity index (χ1v) is 10.9. The summed E-state index contributed by atoms with van der Waals surface area (Å²) in [6.45, 7) is 4.09. The van der Waals surface area contributed by atoms with E-state index >= 15 is 0 Å². The van der Waals surface area contributed by atoms with E-state index in [9.17, 15) is 0 Å². The maximum atomic E-state index is 8.70. The molecule has 3 heterocycles. The highest BCUT2D eigenvalue weighted by Crippen LogP contribution is 2.10. The van der Waals surface area contributed by atoms with E-state index in [-0.39, 0.29) is 0 Å². The Bertz CT molecular complexity index is 781. The molecule has 0 radical (unpaired) electrons. The quantitative estimate of drug-likeness (QED) is 0.360.